The van der Waals surface area contributed by atoms with Crippen LogP contribution in [0.1, 0.15) is 43.1 Å². The number of amides is 2. The van der Waals surface area contributed by atoms with Gasteiger partial charge in [-0.1, -0.05) is 24.3 Å². The quantitative estimate of drug-likeness (QED) is 0.600. The molecule has 0 aliphatic carbocycles. The van der Waals surface area contributed by atoms with Gasteiger partial charge in [-0.2, -0.15) is 5.26 Å². The van der Waals surface area contributed by atoms with Gasteiger partial charge in [0.15, 0.2) is 5.78 Å². The topological polar surface area (TPSA) is 108 Å². The highest BCUT2D eigenvalue weighted by molar-refractivity contribution is 6.12. The number of benzene rings is 2. The lowest BCUT2D eigenvalue weighted by Crippen LogP contribution is -2.27. The van der Waals surface area contributed by atoms with Gasteiger partial charge in [-0.3, -0.25) is 14.9 Å². The number of para-hydroxylation sites is 2. The molecule has 2 rings (SSSR count). The minimum atomic E-state index is -0.660. The number of nitrogens with one attached hydrogen (secondary N) is 2. The number of ketones is 1. The van der Waals surface area contributed by atoms with Gasteiger partial charge in [0.25, 0.3) is 0 Å². The Kier molecular flexibility index (Phi) is 6.51. The Morgan fingerprint density at radius 2 is 1.64 bits per heavy atom. The molecule has 144 valence electrons. The Balaban J connectivity index is 2.05. The molecule has 0 atom stereocenters. The van der Waals surface area contributed by atoms with E-state index >= 15 is 0 Å². The normalized spacial score (nSPS) is 10.5. The van der Waals surface area contributed by atoms with Gasteiger partial charge in [0.1, 0.15) is 5.60 Å². The largest absolute Gasteiger partial charge is 0.444 e. The molecule has 0 radical (unpaired) electrons. The summed E-state index contributed by atoms with van der Waals surface area (Å²) in [5, 5.41) is 14.1. The second kappa shape index (κ2) is 8.82. The summed E-state index contributed by atoms with van der Waals surface area (Å²) in [5.74, 6) is -0.946. The predicted molar refractivity (Wildman–Crippen MR) is 105 cm³/mol. The maximum atomic E-state index is 12.3. The fourth-order valence-corrected chi connectivity index (χ4v) is 2.32. The highest BCUT2D eigenvalue weighted by Gasteiger charge is 2.18. The van der Waals surface area contributed by atoms with Crippen LogP contribution in [0.3, 0.4) is 0 Å². The zero-order valence-electron chi connectivity index (χ0n) is 15.9. The highest BCUT2D eigenvalue weighted by atomic mass is 16.6. The van der Waals surface area contributed by atoms with Gasteiger partial charge in [-0.15, -0.1) is 0 Å². The van der Waals surface area contributed by atoms with Crippen LogP contribution in [0.25, 0.3) is 0 Å². The second-order valence-corrected chi connectivity index (χ2v) is 7.01. The van der Waals surface area contributed by atoms with Gasteiger partial charge >= 0.3 is 6.09 Å². The molecule has 2 aromatic rings. The number of hydrogen-bond donors (Lipinski definition) is 2. The van der Waals surface area contributed by atoms with E-state index in [0.29, 0.717) is 16.9 Å². The number of nitrogens with zero attached hydrogens (tertiary/aromatic N) is 1. The molecule has 0 bridgehead atoms. The van der Waals surface area contributed by atoms with Crippen LogP contribution in [0.5, 0.6) is 0 Å². The van der Waals surface area contributed by atoms with E-state index in [4.69, 9.17) is 10.00 Å². The maximum Gasteiger partial charge on any atom is 0.412 e. The summed E-state index contributed by atoms with van der Waals surface area (Å²) in [4.78, 5) is 36.5. The van der Waals surface area contributed by atoms with E-state index in [1.54, 1.807) is 63.2 Å². The van der Waals surface area contributed by atoms with Gasteiger partial charge < -0.3 is 10.1 Å². The van der Waals surface area contributed by atoms with Crippen LogP contribution in [0.2, 0.25) is 0 Å². The molecule has 28 heavy (non-hydrogen) atoms. The molecule has 7 heteroatoms. The fraction of sp³-hybridized carbons (Fsp3) is 0.238. The Bertz CT molecular complexity index is 939. The standard InChI is InChI=1S/C21H21N3O4/c1-21(2,3)28-20(27)24-17-10-5-4-9-16(17)23-19(26)12-18(25)15-8-6-7-14(11-15)13-22/h4-11H,12H2,1-3H3,(H,23,26)(H,24,27). The Hall–Kier alpha value is -3.66. The van der Waals surface area contributed by atoms with Crippen LogP contribution in [0, 0.1) is 11.3 Å². The molecule has 0 spiro atoms. The lowest BCUT2D eigenvalue weighted by molar-refractivity contribution is -0.115. The van der Waals surface area contributed by atoms with E-state index in [9.17, 15) is 14.4 Å². The van der Waals surface area contributed by atoms with E-state index in [0.717, 1.165) is 0 Å². The van der Waals surface area contributed by atoms with Gasteiger partial charge in [0, 0.05) is 5.56 Å². The van der Waals surface area contributed by atoms with Crippen molar-refractivity contribution in [2.75, 3.05) is 10.6 Å². The van der Waals surface area contributed by atoms with Crippen molar-refractivity contribution in [1.29, 1.82) is 5.26 Å². The summed E-state index contributed by atoms with van der Waals surface area (Å²) in [6, 6.07) is 14.7. The zero-order chi connectivity index (χ0) is 20.7. The molecule has 0 unspecified atom stereocenters. The van der Waals surface area contributed by atoms with Crippen molar-refractivity contribution < 1.29 is 19.1 Å². The van der Waals surface area contributed by atoms with Crippen molar-refractivity contribution in [1.82, 2.24) is 0 Å². The molecule has 0 aromatic heterocycles. The predicted octanol–water partition coefficient (Wildman–Crippen LogP) is 4.12. The number of carbonyl (C=O) groups is 3. The molecule has 2 aromatic carbocycles. The second-order valence-electron chi connectivity index (χ2n) is 7.01. The van der Waals surface area contributed by atoms with Crippen LogP contribution in [0.4, 0.5) is 16.2 Å². The van der Waals surface area contributed by atoms with Crippen molar-refractivity contribution in [3.8, 4) is 6.07 Å². The molecule has 2 amide bonds. The molecule has 7 nitrogen and oxygen atoms in total. The fourth-order valence-electron chi connectivity index (χ4n) is 2.32. The average molecular weight is 379 g/mol. The summed E-state index contributed by atoms with van der Waals surface area (Å²) >= 11 is 0. The molecule has 0 aliphatic heterocycles. The number of anilines is 2. The van der Waals surface area contributed by atoms with Crippen LogP contribution in [0.15, 0.2) is 48.5 Å². The smallest absolute Gasteiger partial charge is 0.412 e. The third-order valence-electron chi connectivity index (χ3n) is 3.47. The minimum Gasteiger partial charge on any atom is -0.444 e. The molecular formula is C21H21N3O4. The summed E-state index contributed by atoms with van der Waals surface area (Å²) in [5.41, 5.74) is 0.667. The lowest BCUT2D eigenvalue weighted by Gasteiger charge is -2.20. The van der Waals surface area contributed by atoms with Gasteiger partial charge in [-0.25, -0.2) is 4.79 Å². The van der Waals surface area contributed by atoms with Crippen molar-refractivity contribution in [2.45, 2.75) is 32.8 Å². The van der Waals surface area contributed by atoms with Crippen LogP contribution >= 0.6 is 0 Å². The molecule has 2 N–H and O–H groups in total. The molecular weight excluding hydrogens is 358 g/mol. The summed E-state index contributed by atoms with van der Waals surface area (Å²) in [7, 11) is 0. The van der Waals surface area contributed by atoms with E-state index in [2.05, 4.69) is 10.6 Å². The lowest BCUT2D eigenvalue weighted by atomic mass is 10.1. The SMILES string of the molecule is CC(C)(C)OC(=O)Nc1ccccc1NC(=O)CC(=O)c1cccc(C#N)c1. The number of hydrogen-bond acceptors (Lipinski definition) is 5. The molecule has 0 fully saturated rings. The first kappa shape index (κ1) is 20.6. The van der Waals surface area contributed by atoms with E-state index < -0.39 is 29.8 Å². The van der Waals surface area contributed by atoms with Crippen LogP contribution in [-0.2, 0) is 9.53 Å². The van der Waals surface area contributed by atoms with Gasteiger partial charge in [-0.05, 0) is 45.0 Å². The first-order valence-corrected chi connectivity index (χ1v) is 8.60. The van der Waals surface area contributed by atoms with E-state index in [-0.39, 0.29) is 5.56 Å². The monoisotopic (exact) mass is 379 g/mol. The van der Waals surface area contributed by atoms with Crippen LogP contribution < -0.4 is 10.6 Å². The Morgan fingerprint density at radius 1 is 1.00 bits per heavy atom. The van der Waals surface area contributed by atoms with Gasteiger partial charge in [0.2, 0.25) is 5.91 Å². The number of Topliss-reactive ketones (excluding diaryl/α,β-unsaturated/α-hetero) is 1. The van der Waals surface area contributed by atoms with E-state index in [1.165, 1.54) is 6.07 Å². The van der Waals surface area contributed by atoms with Crippen molar-refractivity contribution in [3.63, 3.8) is 0 Å². The van der Waals surface area contributed by atoms with Crippen LogP contribution in [-0.4, -0.2) is 23.4 Å². The Labute approximate surface area is 163 Å². The zero-order valence-corrected chi connectivity index (χ0v) is 15.9. The number of ether oxygens (including phenoxy) is 1. The first-order chi connectivity index (χ1) is 13.2. The Morgan fingerprint density at radius 3 is 2.25 bits per heavy atom. The van der Waals surface area contributed by atoms with E-state index in [1.807, 2.05) is 6.07 Å². The number of rotatable bonds is 5. The third-order valence-corrected chi connectivity index (χ3v) is 3.47. The number of carbonyl (C=O) groups excluding carboxylic acids is 3. The molecule has 0 saturated heterocycles. The molecule has 0 aliphatic rings. The molecule has 0 heterocycles. The highest BCUT2D eigenvalue weighted by Crippen LogP contribution is 2.22. The number of nitriles is 1. The molecule has 0 saturated carbocycles. The minimum absolute atomic E-state index is 0.286. The van der Waals surface area contributed by atoms with Crippen molar-refractivity contribution in [2.24, 2.45) is 0 Å². The van der Waals surface area contributed by atoms with Crippen molar-refractivity contribution >= 4 is 29.2 Å². The third kappa shape index (κ3) is 6.25. The van der Waals surface area contributed by atoms with Crippen molar-refractivity contribution in [3.05, 3.63) is 59.7 Å². The van der Waals surface area contributed by atoms with Gasteiger partial charge in [0.05, 0.1) is 29.4 Å². The maximum absolute atomic E-state index is 12.3. The summed E-state index contributed by atoms with van der Waals surface area (Å²) in [6.45, 7) is 5.23. The average Bonchev–Trinajstić information content (AvgIpc) is 2.61. The first-order valence-electron chi connectivity index (χ1n) is 8.60. The summed E-state index contributed by atoms with van der Waals surface area (Å²) in [6.07, 6.45) is -1.05. The summed E-state index contributed by atoms with van der Waals surface area (Å²) < 4.78 is 5.20.